The Hall–Kier alpha value is -0.530. The van der Waals surface area contributed by atoms with Gasteiger partial charge in [0.1, 0.15) is 0 Å². The van der Waals surface area contributed by atoms with Gasteiger partial charge in [0.05, 0.1) is 6.61 Å². The Bertz CT molecular complexity index is 212. The van der Waals surface area contributed by atoms with Crippen LogP contribution in [0.15, 0.2) is 0 Å². The van der Waals surface area contributed by atoms with Gasteiger partial charge in [0.25, 0.3) is 0 Å². The summed E-state index contributed by atoms with van der Waals surface area (Å²) in [6.07, 6.45) is 4.08. The van der Waals surface area contributed by atoms with Crippen LogP contribution in [0.1, 0.15) is 33.1 Å². The summed E-state index contributed by atoms with van der Waals surface area (Å²) in [7, 11) is 0. The fraction of sp³-hybridized carbons (Fsp3) is 0.909. The zero-order chi connectivity index (χ0) is 9.42. The Balaban J connectivity index is 1.80. The van der Waals surface area contributed by atoms with E-state index in [9.17, 15) is 4.79 Å². The lowest BCUT2D eigenvalue weighted by atomic mass is 9.81. The van der Waals surface area contributed by atoms with Crippen LogP contribution in [0.5, 0.6) is 0 Å². The van der Waals surface area contributed by atoms with Crippen molar-refractivity contribution in [2.24, 2.45) is 23.7 Å². The molecule has 0 aromatic carbocycles. The summed E-state index contributed by atoms with van der Waals surface area (Å²) in [5.74, 6) is 3.24. The predicted octanol–water partition coefficient (Wildman–Crippen LogP) is 2.23. The molecule has 74 valence electrons. The van der Waals surface area contributed by atoms with Crippen LogP contribution in [0.3, 0.4) is 0 Å². The van der Waals surface area contributed by atoms with Crippen LogP contribution in [-0.4, -0.2) is 12.6 Å². The summed E-state index contributed by atoms with van der Waals surface area (Å²) in [5.41, 5.74) is 0. The number of hydrogen-bond donors (Lipinski definition) is 0. The molecule has 4 unspecified atom stereocenters. The van der Waals surface area contributed by atoms with Crippen molar-refractivity contribution in [3.05, 3.63) is 0 Å². The lowest BCUT2D eigenvalue weighted by Gasteiger charge is -2.27. The van der Waals surface area contributed by atoms with E-state index in [-0.39, 0.29) is 5.97 Å². The number of ether oxygens (including phenoxy) is 1. The summed E-state index contributed by atoms with van der Waals surface area (Å²) >= 11 is 0. The van der Waals surface area contributed by atoms with E-state index in [0.717, 1.165) is 17.8 Å². The first-order valence-corrected chi connectivity index (χ1v) is 5.30. The van der Waals surface area contributed by atoms with Crippen LogP contribution in [0.2, 0.25) is 0 Å². The third-order valence-electron chi connectivity index (χ3n) is 3.65. The van der Waals surface area contributed by atoms with E-state index in [2.05, 4.69) is 6.92 Å². The maximum absolute atomic E-state index is 10.7. The Morgan fingerprint density at radius 1 is 1.31 bits per heavy atom. The van der Waals surface area contributed by atoms with E-state index in [4.69, 9.17) is 4.74 Å². The Labute approximate surface area is 79.7 Å². The van der Waals surface area contributed by atoms with Crippen molar-refractivity contribution in [1.29, 1.82) is 0 Å². The van der Waals surface area contributed by atoms with Crippen LogP contribution in [-0.2, 0) is 9.53 Å². The third-order valence-corrected chi connectivity index (χ3v) is 3.65. The SMILES string of the molecule is CC(=O)OCC1CC2CC2CC1C. The van der Waals surface area contributed by atoms with Crippen molar-refractivity contribution >= 4 is 5.97 Å². The van der Waals surface area contributed by atoms with Crippen LogP contribution >= 0.6 is 0 Å². The van der Waals surface area contributed by atoms with Gasteiger partial charge >= 0.3 is 5.97 Å². The maximum Gasteiger partial charge on any atom is 0.302 e. The minimum Gasteiger partial charge on any atom is -0.466 e. The van der Waals surface area contributed by atoms with Gasteiger partial charge in [-0.15, -0.1) is 0 Å². The lowest BCUT2D eigenvalue weighted by Crippen LogP contribution is -2.24. The van der Waals surface area contributed by atoms with E-state index < -0.39 is 0 Å². The Morgan fingerprint density at radius 2 is 2.00 bits per heavy atom. The molecule has 0 bridgehead atoms. The molecule has 2 fully saturated rings. The normalized spacial score (nSPS) is 42.3. The molecule has 0 heterocycles. The van der Waals surface area contributed by atoms with Gasteiger partial charge in [0.2, 0.25) is 0 Å². The van der Waals surface area contributed by atoms with Crippen LogP contribution in [0.25, 0.3) is 0 Å². The van der Waals surface area contributed by atoms with Crippen molar-refractivity contribution < 1.29 is 9.53 Å². The first-order valence-electron chi connectivity index (χ1n) is 5.30. The average molecular weight is 182 g/mol. The first kappa shape index (κ1) is 9.04. The Kier molecular flexibility index (Phi) is 2.31. The molecule has 2 heteroatoms. The molecule has 4 atom stereocenters. The van der Waals surface area contributed by atoms with E-state index >= 15 is 0 Å². The number of hydrogen-bond acceptors (Lipinski definition) is 2. The molecule has 2 nitrogen and oxygen atoms in total. The summed E-state index contributed by atoms with van der Waals surface area (Å²) in [6.45, 7) is 4.44. The highest BCUT2D eigenvalue weighted by atomic mass is 16.5. The molecule has 2 aliphatic carbocycles. The van der Waals surface area contributed by atoms with Crippen LogP contribution < -0.4 is 0 Å². The molecule has 0 radical (unpaired) electrons. The lowest BCUT2D eigenvalue weighted by molar-refractivity contribution is -0.143. The minimum absolute atomic E-state index is 0.134. The van der Waals surface area contributed by atoms with E-state index in [1.165, 1.54) is 26.2 Å². The van der Waals surface area contributed by atoms with Gasteiger partial charge in [0, 0.05) is 6.92 Å². The zero-order valence-corrected chi connectivity index (χ0v) is 8.45. The van der Waals surface area contributed by atoms with E-state index in [1.54, 1.807) is 0 Å². The van der Waals surface area contributed by atoms with Crippen molar-refractivity contribution in [1.82, 2.24) is 0 Å². The minimum atomic E-state index is -0.134. The second-order valence-corrected chi connectivity index (χ2v) is 4.77. The predicted molar refractivity (Wildman–Crippen MR) is 50.1 cm³/mol. The number of esters is 1. The molecule has 2 saturated carbocycles. The molecule has 0 aliphatic heterocycles. The van der Waals surface area contributed by atoms with Crippen LogP contribution in [0.4, 0.5) is 0 Å². The van der Waals surface area contributed by atoms with Crippen molar-refractivity contribution in [2.75, 3.05) is 6.61 Å². The topological polar surface area (TPSA) is 26.3 Å². The highest BCUT2D eigenvalue weighted by Gasteiger charge is 2.45. The maximum atomic E-state index is 10.7. The third kappa shape index (κ3) is 2.04. The first-order chi connectivity index (χ1) is 6.16. The van der Waals surface area contributed by atoms with Gasteiger partial charge in [-0.25, -0.2) is 0 Å². The molecular formula is C11H18O2. The molecule has 0 spiro atoms. The van der Waals surface area contributed by atoms with Gasteiger partial charge in [-0.3, -0.25) is 4.79 Å². The fourth-order valence-electron chi connectivity index (χ4n) is 2.64. The quantitative estimate of drug-likeness (QED) is 0.612. The summed E-state index contributed by atoms with van der Waals surface area (Å²) in [4.78, 5) is 10.7. The average Bonchev–Trinajstić information content (AvgIpc) is 2.77. The Morgan fingerprint density at radius 3 is 2.69 bits per heavy atom. The van der Waals surface area contributed by atoms with Gasteiger partial charge < -0.3 is 4.74 Å². The smallest absolute Gasteiger partial charge is 0.302 e. The molecule has 13 heavy (non-hydrogen) atoms. The number of fused-ring (bicyclic) bond motifs is 1. The van der Waals surface area contributed by atoms with Crippen molar-refractivity contribution in [2.45, 2.75) is 33.1 Å². The monoisotopic (exact) mass is 182 g/mol. The summed E-state index contributed by atoms with van der Waals surface area (Å²) in [6, 6.07) is 0. The molecule has 0 aromatic rings. The van der Waals surface area contributed by atoms with E-state index in [1.807, 2.05) is 0 Å². The van der Waals surface area contributed by atoms with Gasteiger partial charge in [-0.1, -0.05) is 6.92 Å². The second-order valence-electron chi connectivity index (χ2n) is 4.77. The molecule has 0 amide bonds. The van der Waals surface area contributed by atoms with Gasteiger partial charge in [-0.05, 0) is 42.9 Å². The molecule has 0 N–H and O–H groups in total. The van der Waals surface area contributed by atoms with Gasteiger partial charge in [-0.2, -0.15) is 0 Å². The van der Waals surface area contributed by atoms with E-state index in [0.29, 0.717) is 12.5 Å². The molecule has 0 aromatic heterocycles. The zero-order valence-electron chi connectivity index (χ0n) is 8.45. The number of carbonyl (C=O) groups is 1. The van der Waals surface area contributed by atoms with Crippen molar-refractivity contribution in [3.8, 4) is 0 Å². The number of carbonyl (C=O) groups excluding carboxylic acids is 1. The van der Waals surface area contributed by atoms with Gasteiger partial charge in [0.15, 0.2) is 0 Å². The summed E-state index contributed by atoms with van der Waals surface area (Å²) < 4.78 is 5.08. The number of rotatable bonds is 2. The molecule has 2 aliphatic rings. The molecular weight excluding hydrogens is 164 g/mol. The largest absolute Gasteiger partial charge is 0.466 e. The fourth-order valence-corrected chi connectivity index (χ4v) is 2.64. The summed E-state index contributed by atoms with van der Waals surface area (Å²) in [5, 5.41) is 0. The van der Waals surface area contributed by atoms with Crippen LogP contribution in [0, 0.1) is 23.7 Å². The molecule has 2 rings (SSSR count). The van der Waals surface area contributed by atoms with Crippen molar-refractivity contribution in [3.63, 3.8) is 0 Å². The standard InChI is InChI=1S/C11H18O2/c1-7-3-9-4-10(9)5-11(7)6-13-8(2)12/h7,9-11H,3-6H2,1-2H3. The highest BCUT2D eigenvalue weighted by molar-refractivity contribution is 5.65. The molecule has 0 saturated heterocycles. The highest BCUT2D eigenvalue weighted by Crippen LogP contribution is 2.53. The second kappa shape index (κ2) is 3.32.